The van der Waals surface area contributed by atoms with E-state index in [2.05, 4.69) is 25.4 Å². The van der Waals surface area contributed by atoms with Gasteiger partial charge in [0.2, 0.25) is 10.0 Å². The topological polar surface area (TPSA) is 72.5 Å². The first-order chi connectivity index (χ1) is 7.84. The first kappa shape index (κ1) is 13.9. The maximum absolute atomic E-state index is 12.8. The lowest BCUT2D eigenvalue weighted by molar-refractivity contribution is -0.137. The van der Waals surface area contributed by atoms with Crippen LogP contribution in [-0.2, 0) is 19.6 Å². The van der Waals surface area contributed by atoms with Crippen LogP contribution in [0.2, 0.25) is 0 Å². The first-order valence-electron chi connectivity index (χ1n) is 4.36. The molecule has 1 aromatic carbocycles. The lowest BCUT2D eigenvalue weighted by atomic mass is 10.3. The van der Waals surface area contributed by atoms with E-state index in [0.717, 1.165) is 19.2 Å². The quantitative estimate of drug-likeness (QED) is 0.851. The molecule has 0 amide bonds. The number of anilines is 1. The van der Waals surface area contributed by atoms with E-state index in [1.54, 1.807) is 0 Å². The van der Waals surface area contributed by atoms with Gasteiger partial charge in [0.1, 0.15) is 5.82 Å². The maximum Gasteiger partial charge on any atom is 0.322 e. The molecule has 1 aromatic rings. The molecular formula is C9H9BrFNO4S. The van der Waals surface area contributed by atoms with Crippen LogP contribution in [-0.4, -0.2) is 27.2 Å². The van der Waals surface area contributed by atoms with Crippen molar-refractivity contribution in [3.05, 3.63) is 28.5 Å². The van der Waals surface area contributed by atoms with Crippen molar-refractivity contribution in [3.8, 4) is 0 Å². The fourth-order valence-corrected chi connectivity index (χ4v) is 2.58. The van der Waals surface area contributed by atoms with Crippen molar-refractivity contribution in [3.63, 3.8) is 0 Å². The number of benzene rings is 1. The second-order valence-corrected chi connectivity index (χ2v) is 5.64. The Kier molecular flexibility index (Phi) is 4.47. The average molecular weight is 326 g/mol. The standard InChI is InChI=1S/C9H9BrFNO4S/c1-16-9(13)5-17(14,15)12-8-3-2-6(11)4-7(8)10/h2-4,12H,5H2,1H3. The summed E-state index contributed by atoms with van der Waals surface area (Å²) in [4.78, 5) is 10.8. The zero-order chi connectivity index (χ0) is 13.1. The van der Waals surface area contributed by atoms with Gasteiger partial charge in [-0.1, -0.05) is 0 Å². The maximum atomic E-state index is 12.8. The van der Waals surface area contributed by atoms with Crippen molar-refractivity contribution in [2.45, 2.75) is 0 Å². The molecule has 0 radical (unpaired) electrons. The van der Waals surface area contributed by atoms with Crippen LogP contribution in [0.25, 0.3) is 0 Å². The highest BCUT2D eigenvalue weighted by Crippen LogP contribution is 2.24. The lowest BCUT2D eigenvalue weighted by Crippen LogP contribution is -2.23. The van der Waals surface area contributed by atoms with Gasteiger partial charge in [-0.25, -0.2) is 12.8 Å². The molecule has 5 nitrogen and oxygen atoms in total. The molecule has 0 bridgehead atoms. The summed E-state index contributed by atoms with van der Waals surface area (Å²) >= 11 is 3.00. The predicted octanol–water partition coefficient (Wildman–Crippen LogP) is 1.50. The summed E-state index contributed by atoms with van der Waals surface area (Å²) in [5, 5.41) is 0. The predicted molar refractivity (Wildman–Crippen MR) is 63.5 cm³/mol. The minimum atomic E-state index is -3.86. The lowest BCUT2D eigenvalue weighted by Gasteiger charge is -2.08. The summed E-state index contributed by atoms with van der Waals surface area (Å²) in [5.74, 6) is -2.18. The highest BCUT2D eigenvalue weighted by molar-refractivity contribution is 9.10. The van der Waals surface area contributed by atoms with Crippen LogP contribution in [0.5, 0.6) is 0 Å². The van der Waals surface area contributed by atoms with Crippen molar-refractivity contribution < 1.29 is 22.3 Å². The SMILES string of the molecule is COC(=O)CS(=O)(=O)Nc1ccc(F)cc1Br. The zero-order valence-corrected chi connectivity index (χ0v) is 11.1. The number of sulfonamides is 1. The molecule has 8 heteroatoms. The van der Waals surface area contributed by atoms with Gasteiger partial charge in [-0.05, 0) is 34.1 Å². The van der Waals surface area contributed by atoms with Gasteiger partial charge < -0.3 is 4.74 Å². The zero-order valence-electron chi connectivity index (χ0n) is 8.74. The average Bonchev–Trinajstić information content (AvgIpc) is 2.21. The summed E-state index contributed by atoms with van der Waals surface area (Å²) in [7, 11) is -2.77. The van der Waals surface area contributed by atoms with E-state index >= 15 is 0 Å². The number of rotatable bonds is 4. The molecule has 0 aromatic heterocycles. The van der Waals surface area contributed by atoms with E-state index in [1.807, 2.05) is 0 Å². The molecule has 94 valence electrons. The summed E-state index contributed by atoms with van der Waals surface area (Å²) in [6.45, 7) is 0. The summed E-state index contributed by atoms with van der Waals surface area (Å²) in [5.41, 5.74) is 0.148. The molecule has 0 aliphatic carbocycles. The molecule has 0 unspecified atom stereocenters. The van der Waals surface area contributed by atoms with Gasteiger partial charge in [0, 0.05) is 4.47 Å². The van der Waals surface area contributed by atoms with Gasteiger partial charge in [0.15, 0.2) is 5.75 Å². The third-order valence-electron chi connectivity index (χ3n) is 1.73. The molecular weight excluding hydrogens is 317 g/mol. The van der Waals surface area contributed by atoms with Crippen LogP contribution in [0.1, 0.15) is 0 Å². The number of carbonyl (C=O) groups excluding carboxylic acids is 1. The summed E-state index contributed by atoms with van der Waals surface area (Å²) in [6.07, 6.45) is 0. The molecule has 0 atom stereocenters. The van der Waals surface area contributed by atoms with E-state index in [4.69, 9.17) is 0 Å². The van der Waals surface area contributed by atoms with E-state index in [0.29, 0.717) is 0 Å². The molecule has 0 saturated heterocycles. The van der Waals surface area contributed by atoms with Crippen molar-refractivity contribution in [2.24, 2.45) is 0 Å². The number of carbonyl (C=O) groups is 1. The van der Waals surface area contributed by atoms with Gasteiger partial charge >= 0.3 is 5.97 Å². The van der Waals surface area contributed by atoms with Gasteiger partial charge in [0.25, 0.3) is 0 Å². The van der Waals surface area contributed by atoms with Crippen LogP contribution < -0.4 is 4.72 Å². The smallest absolute Gasteiger partial charge is 0.322 e. The Morgan fingerprint density at radius 3 is 2.71 bits per heavy atom. The third kappa shape index (κ3) is 4.31. The van der Waals surface area contributed by atoms with Gasteiger partial charge in [-0.2, -0.15) is 0 Å². The normalized spacial score (nSPS) is 11.0. The van der Waals surface area contributed by atoms with E-state index in [9.17, 15) is 17.6 Å². The number of halogens is 2. The second kappa shape index (κ2) is 5.46. The van der Waals surface area contributed by atoms with Crippen LogP contribution >= 0.6 is 15.9 Å². The van der Waals surface area contributed by atoms with Crippen molar-refractivity contribution in [2.75, 3.05) is 17.6 Å². The van der Waals surface area contributed by atoms with Crippen molar-refractivity contribution in [1.82, 2.24) is 0 Å². The number of nitrogens with one attached hydrogen (secondary N) is 1. The number of hydrogen-bond acceptors (Lipinski definition) is 4. The molecule has 0 fully saturated rings. The Bertz CT molecular complexity index is 532. The molecule has 0 spiro atoms. The molecule has 0 heterocycles. The molecule has 17 heavy (non-hydrogen) atoms. The molecule has 0 aliphatic rings. The van der Waals surface area contributed by atoms with Crippen LogP contribution in [0, 0.1) is 5.82 Å². The molecule has 1 N–H and O–H groups in total. The Morgan fingerprint density at radius 2 is 2.18 bits per heavy atom. The van der Waals surface area contributed by atoms with Gasteiger partial charge in [-0.3, -0.25) is 9.52 Å². The van der Waals surface area contributed by atoms with Crippen LogP contribution in [0.15, 0.2) is 22.7 Å². The fourth-order valence-electron chi connectivity index (χ4n) is 0.990. The Labute approximate surface area is 106 Å². The van der Waals surface area contributed by atoms with Crippen molar-refractivity contribution >= 4 is 37.6 Å². The van der Waals surface area contributed by atoms with E-state index in [1.165, 1.54) is 6.07 Å². The summed E-state index contributed by atoms with van der Waals surface area (Å²) in [6, 6.07) is 3.45. The Balaban J connectivity index is 2.87. The number of ether oxygens (including phenoxy) is 1. The highest BCUT2D eigenvalue weighted by Gasteiger charge is 2.18. The number of methoxy groups -OCH3 is 1. The van der Waals surface area contributed by atoms with Gasteiger partial charge in [0.05, 0.1) is 12.8 Å². The van der Waals surface area contributed by atoms with E-state index < -0.39 is 27.6 Å². The minimum absolute atomic E-state index is 0.148. The first-order valence-corrected chi connectivity index (χ1v) is 6.81. The number of esters is 1. The van der Waals surface area contributed by atoms with Crippen LogP contribution in [0.3, 0.4) is 0 Å². The van der Waals surface area contributed by atoms with E-state index in [-0.39, 0.29) is 10.2 Å². The largest absolute Gasteiger partial charge is 0.468 e. The minimum Gasteiger partial charge on any atom is -0.468 e. The fraction of sp³-hybridized carbons (Fsp3) is 0.222. The van der Waals surface area contributed by atoms with Crippen molar-refractivity contribution in [1.29, 1.82) is 0 Å². The Hall–Kier alpha value is -1.15. The highest BCUT2D eigenvalue weighted by atomic mass is 79.9. The monoisotopic (exact) mass is 325 g/mol. The van der Waals surface area contributed by atoms with Crippen LogP contribution in [0.4, 0.5) is 10.1 Å². The Morgan fingerprint density at radius 1 is 1.53 bits per heavy atom. The summed E-state index contributed by atoms with van der Waals surface area (Å²) < 4.78 is 42.3. The third-order valence-corrected chi connectivity index (χ3v) is 3.53. The molecule has 1 rings (SSSR count). The molecule has 0 aliphatic heterocycles. The molecule has 0 saturated carbocycles. The van der Waals surface area contributed by atoms with Gasteiger partial charge in [-0.15, -0.1) is 0 Å². The second-order valence-electron chi connectivity index (χ2n) is 3.06. The number of hydrogen-bond donors (Lipinski definition) is 1.